The smallest absolute Gasteiger partial charge is 0.224 e. The summed E-state index contributed by atoms with van der Waals surface area (Å²) < 4.78 is 18.1. The first-order valence-electron chi connectivity index (χ1n) is 7.91. The molecule has 0 aliphatic heterocycles. The van der Waals surface area contributed by atoms with E-state index < -0.39 is 6.10 Å². The average molecular weight is 342 g/mol. The van der Waals surface area contributed by atoms with Crippen LogP contribution >= 0.6 is 0 Å². The van der Waals surface area contributed by atoms with Crippen LogP contribution in [0.2, 0.25) is 0 Å². The number of amides is 1. The molecule has 6 heteroatoms. The van der Waals surface area contributed by atoms with Gasteiger partial charge in [-0.15, -0.1) is 0 Å². The molecular weight excluding hydrogens is 323 g/mol. The largest absolute Gasteiger partial charge is 0.497 e. The van der Waals surface area contributed by atoms with Crippen LogP contribution in [0.5, 0.6) is 5.75 Å². The van der Waals surface area contributed by atoms with Crippen molar-refractivity contribution in [2.45, 2.75) is 12.5 Å². The fourth-order valence-electron chi connectivity index (χ4n) is 2.68. The number of ether oxygens (including phenoxy) is 1. The highest BCUT2D eigenvalue weighted by Gasteiger charge is 2.12. The van der Waals surface area contributed by atoms with Crippen LogP contribution < -0.4 is 10.1 Å². The third kappa shape index (κ3) is 3.97. The number of fused-ring (bicyclic) bond motifs is 1. The molecule has 0 fully saturated rings. The van der Waals surface area contributed by atoms with Gasteiger partial charge >= 0.3 is 0 Å². The number of aromatic nitrogens is 1. The topological polar surface area (TPSA) is 74.4 Å². The number of carbonyl (C=O) groups excluding carboxylic acids is 1. The van der Waals surface area contributed by atoms with Crippen LogP contribution in [0.3, 0.4) is 0 Å². The minimum Gasteiger partial charge on any atom is -0.497 e. The molecule has 0 radical (unpaired) electrons. The molecular formula is C19H19FN2O3. The van der Waals surface area contributed by atoms with Crippen molar-refractivity contribution in [3.05, 3.63) is 65.6 Å². The van der Waals surface area contributed by atoms with Crippen LogP contribution in [0.25, 0.3) is 10.9 Å². The molecule has 3 aromatic rings. The van der Waals surface area contributed by atoms with Gasteiger partial charge in [0.2, 0.25) is 5.91 Å². The molecule has 0 bridgehead atoms. The van der Waals surface area contributed by atoms with Crippen molar-refractivity contribution >= 4 is 16.8 Å². The van der Waals surface area contributed by atoms with Crippen LogP contribution in [0, 0.1) is 5.82 Å². The molecule has 1 amide bonds. The Bertz CT molecular complexity index is 874. The Hall–Kier alpha value is -2.86. The molecule has 0 saturated heterocycles. The number of aliphatic hydroxyl groups is 1. The van der Waals surface area contributed by atoms with Crippen LogP contribution in [0.4, 0.5) is 4.39 Å². The van der Waals surface area contributed by atoms with E-state index >= 15 is 0 Å². The highest BCUT2D eigenvalue weighted by atomic mass is 19.1. The maximum absolute atomic E-state index is 12.9. The number of nitrogens with one attached hydrogen (secondary N) is 2. The molecule has 1 atom stereocenters. The number of carbonyl (C=O) groups is 1. The lowest BCUT2D eigenvalue weighted by molar-refractivity contribution is -0.120. The molecule has 1 unspecified atom stereocenters. The standard InChI is InChI=1S/C19H19FN2O3/c1-25-15-6-7-17-16(9-15)13(10-21-17)8-19(24)22-11-18(23)12-2-4-14(20)5-3-12/h2-7,9-10,18,21,23H,8,11H2,1H3,(H,22,24). The normalized spacial score (nSPS) is 12.1. The SMILES string of the molecule is COc1ccc2[nH]cc(CC(=O)NCC(O)c3ccc(F)cc3)c2c1. The summed E-state index contributed by atoms with van der Waals surface area (Å²) in [6.07, 6.45) is 1.09. The summed E-state index contributed by atoms with van der Waals surface area (Å²) >= 11 is 0. The van der Waals surface area contributed by atoms with Crippen LogP contribution in [0.1, 0.15) is 17.2 Å². The zero-order chi connectivity index (χ0) is 17.8. The summed E-state index contributed by atoms with van der Waals surface area (Å²) in [5, 5.41) is 13.7. The number of benzene rings is 2. The Balaban J connectivity index is 1.62. The maximum Gasteiger partial charge on any atom is 0.224 e. The van der Waals surface area contributed by atoms with E-state index in [1.54, 1.807) is 13.3 Å². The highest BCUT2D eigenvalue weighted by molar-refractivity contribution is 5.89. The van der Waals surface area contributed by atoms with Crippen molar-refractivity contribution in [3.8, 4) is 5.75 Å². The molecule has 1 heterocycles. The molecule has 3 rings (SSSR count). The minimum atomic E-state index is -0.882. The molecule has 25 heavy (non-hydrogen) atoms. The van der Waals surface area contributed by atoms with Crippen LogP contribution in [0.15, 0.2) is 48.7 Å². The van der Waals surface area contributed by atoms with Gasteiger partial charge in [-0.1, -0.05) is 12.1 Å². The Kier molecular flexibility index (Phi) is 5.00. The summed E-state index contributed by atoms with van der Waals surface area (Å²) in [4.78, 5) is 15.3. The lowest BCUT2D eigenvalue weighted by Gasteiger charge is -2.12. The third-order valence-electron chi connectivity index (χ3n) is 4.07. The van der Waals surface area contributed by atoms with E-state index in [9.17, 15) is 14.3 Å². The first-order valence-corrected chi connectivity index (χ1v) is 7.91. The Morgan fingerprint density at radius 2 is 2.04 bits per heavy atom. The second-order valence-corrected chi connectivity index (χ2v) is 5.77. The zero-order valence-electron chi connectivity index (χ0n) is 13.8. The van der Waals surface area contributed by atoms with E-state index in [1.807, 2.05) is 18.2 Å². The molecule has 2 aromatic carbocycles. The average Bonchev–Trinajstić information content (AvgIpc) is 3.02. The van der Waals surface area contributed by atoms with E-state index in [0.717, 1.165) is 22.2 Å². The van der Waals surface area contributed by atoms with Gasteiger partial charge in [-0.3, -0.25) is 4.79 Å². The summed E-state index contributed by atoms with van der Waals surface area (Å²) in [7, 11) is 1.59. The van der Waals surface area contributed by atoms with Gasteiger partial charge in [0.1, 0.15) is 11.6 Å². The van der Waals surface area contributed by atoms with Gasteiger partial charge in [0.15, 0.2) is 0 Å². The predicted octanol–water partition coefficient (Wildman–Crippen LogP) is 2.71. The lowest BCUT2D eigenvalue weighted by atomic mass is 10.1. The predicted molar refractivity (Wildman–Crippen MR) is 92.9 cm³/mol. The second-order valence-electron chi connectivity index (χ2n) is 5.77. The molecule has 130 valence electrons. The molecule has 0 spiro atoms. The van der Waals surface area contributed by atoms with E-state index in [-0.39, 0.29) is 24.7 Å². The number of rotatable bonds is 6. The minimum absolute atomic E-state index is 0.0656. The van der Waals surface area contributed by atoms with Crippen molar-refractivity contribution in [2.75, 3.05) is 13.7 Å². The van der Waals surface area contributed by atoms with Crippen molar-refractivity contribution in [2.24, 2.45) is 0 Å². The quantitative estimate of drug-likeness (QED) is 0.645. The summed E-state index contributed by atoms with van der Waals surface area (Å²) in [6.45, 7) is 0.0656. The number of methoxy groups -OCH3 is 1. The zero-order valence-corrected chi connectivity index (χ0v) is 13.8. The number of hydrogen-bond donors (Lipinski definition) is 3. The van der Waals surface area contributed by atoms with Gasteiger partial charge in [0.25, 0.3) is 0 Å². The van der Waals surface area contributed by atoms with Gasteiger partial charge in [0.05, 0.1) is 19.6 Å². The van der Waals surface area contributed by atoms with Gasteiger partial charge in [-0.25, -0.2) is 4.39 Å². The number of hydrogen-bond acceptors (Lipinski definition) is 3. The molecule has 0 aliphatic rings. The summed E-state index contributed by atoms with van der Waals surface area (Å²) in [6, 6.07) is 11.2. The van der Waals surface area contributed by atoms with Gasteiger partial charge in [0, 0.05) is 23.6 Å². The summed E-state index contributed by atoms with van der Waals surface area (Å²) in [5.74, 6) is 0.153. The van der Waals surface area contributed by atoms with Gasteiger partial charge in [-0.2, -0.15) is 0 Å². The van der Waals surface area contributed by atoms with Crippen LogP contribution in [-0.4, -0.2) is 29.7 Å². The number of aromatic amines is 1. The van der Waals surface area contributed by atoms with E-state index in [1.165, 1.54) is 24.3 Å². The molecule has 0 saturated carbocycles. The van der Waals surface area contributed by atoms with Crippen molar-refractivity contribution < 1.29 is 19.0 Å². The first kappa shape index (κ1) is 17.0. The Labute approximate surface area is 144 Å². The Morgan fingerprint density at radius 1 is 1.28 bits per heavy atom. The van der Waals surface area contributed by atoms with Crippen LogP contribution in [-0.2, 0) is 11.2 Å². The van der Waals surface area contributed by atoms with E-state index in [0.29, 0.717) is 5.56 Å². The molecule has 3 N–H and O–H groups in total. The van der Waals surface area contributed by atoms with Crippen molar-refractivity contribution in [1.29, 1.82) is 0 Å². The summed E-state index contributed by atoms with van der Waals surface area (Å²) in [5.41, 5.74) is 2.33. The molecule has 1 aromatic heterocycles. The number of aliphatic hydroxyl groups excluding tert-OH is 1. The van der Waals surface area contributed by atoms with E-state index in [4.69, 9.17) is 4.74 Å². The second kappa shape index (κ2) is 7.36. The lowest BCUT2D eigenvalue weighted by Crippen LogP contribution is -2.29. The Morgan fingerprint density at radius 3 is 2.76 bits per heavy atom. The molecule has 0 aliphatic carbocycles. The molecule has 5 nitrogen and oxygen atoms in total. The van der Waals surface area contributed by atoms with Gasteiger partial charge in [-0.05, 0) is 41.5 Å². The fraction of sp³-hybridized carbons (Fsp3) is 0.211. The van der Waals surface area contributed by atoms with Crippen molar-refractivity contribution in [3.63, 3.8) is 0 Å². The van der Waals surface area contributed by atoms with Crippen molar-refractivity contribution in [1.82, 2.24) is 10.3 Å². The first-order chi connectivity index (χ1) is 12.1. The van der Waals surface area contributed by atoms with Gasteiger partial charge < -0.3 is 20.1 Å². The third-order valence-corrected chi connectivity index (χ3v) is 4.07. The van der Waals surface area contributed by atoms with E-state index in [2.05, 4.69) is 10.3 Å². The maximum atomic E-state index is 12.9. The fourth-order valence-corrected chi connectivity index (χ4v) is 2.68. The monoisotopic (exact) mass is 342 g/mol. The number of H-pyrrole nitrogens is 1. The highest BCUT2D eigenvalue weighted by Crippen LogP contribution is 2.24. The number of halogens is 1.